The predicted molar refractivity (Wildman–Crippen MR) is 78.5 cm³/mol. The van der Waals surface area contributed by atoms with Crippen LogP contribution in [0.3, 0.4) is 0 Å². The third-order valence-corrected chi connectivity index (χ3v) is 4.06. The van der Waals surface area contributed by atoms with Gasteiger partial charge in [-0.2, -0.15) is 0 Å². The van der Waals surface area contributed by atoms with Crippen LogP contribution in [0.2, 0.25) is 0 Å². The minimum Gasteiger partial charge on any atom is -0.443 e. The molecular weight excluding hydrogens is 324 g/mol. The van der Waals surface area contributed by atoms with E-state index in [0.29, 0.717) is 13.2 Å². The third kappa shape index (κ3) is 2.29. The van der Waals surface area contributed by atoms with Gasteiger partial charge in [-0.15, -0.1) is 0 Å². The van der Waals surface area contributed by atoms with Crippen molar-refractivity contribution in [1.29, 1.82) is 0 Å². The van der Waals surface area contributed by atoms with Crippen LogP contribution in [0.4, 0.5) is 4.79 Å². The van der Waals surface area contributed by atoms with E-state index in [-0.39, 0.29) is 11.7 Å². The van der Waals surface area contributed by atoms with Crippen molar-refractivity contribution in [1.82, 2.24) is 10.2 Å². The van der Waals surface area contributed by atoms with E-state index in [1.54, 1.807) is 4.90 Å². The van der Waals surface area contributed by atoms with Crippen LogP contribution in [0.5, 0.6) is 0 Å². The lowest BCUT2D eigenvalue weighted by Gasteiger charge is -2.44. The predicted octanol–water partition coefficient (Wildman–Crippen LogP) is 2.14. The van der Waals surface area contributed by atoms with Crippen LogP contribution < -0.4 is 5.32 Å². The summed E-state index contributed by atoms with van der Waals surface area (Å²) in [6.07, 6.45) is 1.75. The van der Waals surface area contributed by atoms with Crippen molar-refractivity contribution in [3.05, 3.63) is 21.8 Å². The van der Waals surface area contributed by atoms with E-state index in [1.165, 1.54) is 0 Å². The Labute approximate surface area is 127 Å². The SMILES string of the molecule is CC(C)(C)OC(=O)N1CC(Br)=CC2=C1C1(CNC1)OC2. The smallest absolute Gasteiger partial charge is 0.414 e. The van der Waals surface area contributed by atoms with Crippen molar-refractivity contribution in [2.45, 2.75) is 32.0 Å². The summed E-state index contributed by atoms with van der Waals surface area (Å²) in [7, 11) is 0. The molecule has 3 aliphatic heterocycles. The fourth-order valence-electron chi connectivity index (χ4n) is 2.73. The lowest BCUT2D eigenvalue weighted by Crippen LogP contribution is -2.63. The van der Waals surface area contributed by atoms with Gasteiger partial charge in [0.15, 0.2) is 0 Å². The Morgan fingerprint density at radius 1 is 1.50 bits per heavy atom. The van der Waals surface area contributed by atoms with Gasteiger partial charge in [0.25, 0.3) is 0 Å². The van der Waals surface area contributed by atoms with Crippen molar-refractivity contribution in [2.24, 2.45) is 0 Å². The number of rotatable bonds is 0. The van der Waals surface area contributed by atoms with Gasteiger partial charge in [-0.3, -0.25) is 4.90 Å². The number of halogens is 1. The number of carbonyl (C=O) groups is 1. The summed E-state index contributed by atoms with van der Waals surface area (Å²) >= 11 is 3.50. The number of hydrogen-bond donors (Lipinski definition) is 1. The third-order valence-electron chi connectivity index (χ3n) is 3.58. The molecule has 20 heavy (non-hydrogen) atoms. The first-order chi connectivity index (χ1) is 9.31. The van der Waals surface area contributed by atoms with Crippen molar-refractivity contribution in [3.8, 4) is 0 Å². The molecule has 3 rings (SSSR count). The molecular formula is C14H19BrN2O3. The first-order valence-electron chi connectivity index (χ1n) is 6.76. The van der Waals surface area contributed by atoms with Crippen molar-refractivity contribution >= 4 is 22.0 Å². The first-order valence-corrected chi connectivity index (χ1v) is 7.55. The quantitative estimate of drug-likeness (QED) is 0.732. The normalized spacial score (nSPS) is 24.4. The van der Waals surface area contributed by atoms with E-state index in [4.69, 9.17) is 9.47 Å². The number of carbonyl (C=O) groups excluding carboxylic acids is 1. The van der Waals surface area contributed by atoms with Crippen LogP contribution in [-0.2, 0) is 9.47 Å². The number of fused-ring (bicyclic) bond motifs is 1. The molecule has 3 heterocycles. The lowest BCUT2D eigenvalue weighted by molar-refractivity contribution is -0.0400. The molecule has 1 N–H and O–H groups in total. The number of ether oxygens (including phenoxy) is 2. The fourth-order valence-corrected chi connectivity index (χ4v) is 3.26. The molecule has 0 aromatic heterocycles. The molecule has 6 heteroatoms. The van der Waals surface area contributed by atoms with Gasteiger partial charge >= 0.3 is 6.09 Å². The monoisotopic (exact) mass is 342 g/mol. The van der Waals surface area contributed by atoms with Crippen LogP contribution >= 0.6 is 15.9 Å². The maximum absolute atomic E-state index is 12.5. The summed E-state index contributed by atoms with van der Waals surface area (Å²) in [5.74, 6) is 0. The second-order valence-corrected chi connectivity index (χ2v) is 7.44. The lowest BCUT2D eigenvalue weighted by atomic mass is 9.89. The number of nitrogens with one attached hydrogen (secondary N) is 1. The zero-order valence-corrected chi connectivity index (χ0v) is 13.5. The Hall–Kier alpha value is -0.850. The summed E-state index contributed by atoms with van der Waals surface area (Å²) in [5, 5.41) is 3.23. The molecule has 0 aromatic carbocycles. The van der Waals surface area contributed by atoms with Crippen LogP contribution in [-0.4, -0.2) is 48.4 Å². The standard InChI is InChI=1S/C14H19BrN2O3/c1-13(2,3)20-12(18)17-5-10(15)4-9-6-19-14(11(9)17)7-16-8-14/h4,16H,5-8H2,1-3H3. The Morgan fingerprint density at radius 2 is 2.20 bits per heavy atom. The Balaban J connectivity index is 1.91. The van der Waals surface area contributed by atoms with E-state index < -0.39 is 5.60 Å². The minimum absolute atomic E-state index is 0.313. The molecule has 0 saturated carbocycles. The average molecular weight is 343 g/mol. The molecule has 3 aliphatic rings. The van der Waals surface area contributed by atoms with Gasteiger partial charge in [-0.1, -0.05) is 15.9 Å². The number of nitrogens with zero attached hydrogens (tertiary/aromatic N) is 1. The Bertz CT molecular complexity index is 515. The molecule has 0 aliphatic carbocycles. The molecule has 1 fully saturated rings. The van der Waals surface area contributed by atoms with Gasteiger partial charge in [-0.25, -0.2) is 4.79 Å². The summed E-state index contributed by atoms with van der Waals surface area (Å²) in [4.78, 5) is 14.2. The van der Waals surface area contributed by atoms with E-state index >= 15 is 0 Å². The highest BCUT2D eigenvalue weighted by Crippen LogP contribution is 2.41. The van der Waals surface area contributed by atoms with Crippen LogP contribution in [0.25, 0.3) is 0 Å². The molecule has 0 radical (unpaired) electrons. The molecule has 1 spiro atoms. The van der Waals surface area contributed by atoms with E-state index in [0.717, 1.165) is 28.8 Å². The van der Waals surface area contributed by atoms with Crippen LogP contribution in [0.15, 0.2) is 21.8 Å². The second-order valence-electron chi connectivity index (χ2n) is 6.42. The molecule has 1 amide bonds. The number of hydrogen-bond acceptors (Lipinski definition) is 4. The van der Waals surface area contributed by atoms with Gasteiger partial charge in [-0.05, 0) is 26.8 Å². The summed E-state index contributed by atoms with van der Waals surface area (Å²) in [6.45, 7) is 8.17. The molecule has 110 valence electrons. The zero-order valence-electron chi connectivity index (χ0n) is 12.0. The molecule has 0 unspecified atom stereocenters. The first kappa shape index (κ1) is 14.1. The Kier molecular flexibility index (Phi) is 3.23. The maximum Gasteiger partial charge on any atom is 0.414 e. The highest BCUT2D eigenvalue weighted by atomic mass is 79.9. The molecule has 0 aromatic rings. The van der Waals surface area contributed by atoms with Gasteiger partial charge in [0.2, 0.25) is 0 Å². The summed E-state index contributed by atoms with van der Waals surface area (Å²) in [5.41, 5.74) is 1.18. The average Bonchev–Trinajstić information content (AvgIpc) is 2.64. The molecule has 5 nitrogen and oxygen atoms in total. The zero-order chi connectivity index (χ0) is 14.5. The fraction of sp³-hybridized carbons (Fsp3) is 0.643. The van der Waals surface area contributed by atoms with Crippen molar-refractivity contribution in [2.75, 3.05) is 26.2 Å². The van der Waals surface area contributed by atoms with E-state index in [1.807, 2.05) is 20.8 Å². The van der Waals surface area contributed by atoms with E-state index in [2.05, 4.69) is 27.3 Å². The summed E-state index contributed by atoms with van der Waals surface area (Å²) < 4.78 is 12.4. The second kappa shape index (κ2) is 4.58. The maximum atomic E-state index is 12.5. The Morgan fingerprint density at radius 3 is 2.75 bits per heavy atom. The van der Waals surface area contributed by atoms with Gasteiger partial charge in [0, 0.05) is 23.1 Å². The van der Waals surface area contributed by atoms with Gasteiger partial charge in [0.05, 0.1) is 18.8 Å². The number of amides is 1. The topological polar surface area (TPSA) is 50.8 Å². The van der Waals surface area contributed by atoms with Gasteiger partial charge in [0.1, 0.15) is 11.2 Å². The van der Waals surface area contributed by atoms with Crippen molar-refractivity contribution in [3.63, 3.8) is 0 Å². The summed E-state index contributed by atoms with van der Waals surface area (Å²) in [6, 6.07) is 0. The van der Waals surface area contributed by atoms with Crippen molar-refractivity contribution < 1.29 is 14.3 Å². The molecule has 0 atom stereocenters. The minimum atomic E-state index is -0.504. The largest absolute Gasteiger partial charge is 0.443 e. The molecule has 1 saturated heterocycles. The highest BCUT2D eigenvalue weighted by Gasteiger charge is 2.51. The van der Waals surface area contributed by atoms with Gasteiger partial charge < -0.3 is 14.8 Å². The van der Waals surface area contributed by atoms with E-state index in [9.17, 15) is 4.79 Å². The highest BCUT2D eigenvalue weighted by molar-refractivity contribution is 9.11. The van der Waals surface area contributed by atoms with Crippen LogP contribution in [0.1, 0.15) is 20.8 Å². The molecule has 0 bridgehead atoms. The van der Waals surface area contributed by atoms with Crippen LogP contribution in [0, 0.1) is 0 Å².